The Morgan fingerprint density at radius 1 is 0.943 bits per heavy atom. The van der Waals surface area contributed by atoms with Crippen molar-refractivity contribution in [1.82, 2.24) is 38.7 Å². The van der Waals surface area contributed by atoms with Crippen molar-refractivity contribution in [2.75, 3.05) is 0 Å². The second-order valence-corrected chi connectivity index (χ2v) is 9.32. The Bertz CT molecular complexity index is 1770. The molecule has 0 saturated heterocycles. The van der Waals surface area contributed by atoms with Crippen molar-refractivity contribution in [3.05, 3.63) is 94.1 Å². The fraction of sp³-hybridized carbons (Fsp3) is 0.200. The largest absolute Gasteiger partial charge is 0.269 e. The highest BCUT2D eigenvalue weighted by Gasteiger charge is 2.15. The van der Waals surface area contributed by atoms with Crippen molar-refractivity contribution >= 4 is 34.0 Å². The van der Waals surface area contributed by atoms with Crippen LogP contribution in [0.25, 0.3) is 22.2 Å². The quantitative estimate of drug-likeness (QED) is 0.264. The molecule has 0 amide bonds. The van der Waals surface area contributed by atoms with Crippen LogP contribution < -0.4 is 5.56 Å². The van der Waals surface area contributed by atoms with Gasteiger partial charge in [-0.2, -0.15) is 9.61 Å². The Balaban J connectivity index is 1.35. The zero-order valence-electron chi connectivity index (χ0n) is 19.3. The van der Waals surface area contributed by atoms with E-state index in [0.717, 1.165) is 33.8 Å². The monoisotopic (exact) mass is 482 g/mol. The number of aryl methyl sites for hydroxylation is 4. The lowest BCUT2D eigenvalue weighted by molar-refractivity contribution is 0.580. The normalized spacial score (nSPS) is 11.7. The molecule has 0 bridgehead atoms. The van der Waals surface area contributed by atoms with Crippen LogP contribution in [0.15, 0.2) is 70.7 Å². The molecule has 0 atom stereocenters. The second-order valence-electron chi connectivity index (χ2n) is 8.38. The molecule has 0 spiro atoms. The van der Waals surface area contributed by atoms with Crippen molar-refractivity contribution in [3.63, 3.8) is 0 Å². The summed E-state index contributed by atoms with van der Waals surface area (Å²) in [5.74, 6) is 1.22. The van der Waals surface area contributed by atoms with Crippen molar-refractivity contribution in [3.8, 4) is 0 Å². The summed E-state index contributed by atoms with van der Waals surface area (Å²) in [6.45, 7) is 4.75. The van der Waals surface area contributed by atoms with E-state index in [0.29, 0.717) is 35.2 Å². The lowest BCUT2D eigenvalue weighted by Gasteiger charge is -2.07. The third kappa shape index (κ3) is 4.06. The summed E-state index contributed by atoms with van der Waals surface area (Å²) in [4.78, 5) is 26.8. The zero-order valence-corrected chi connectivity index (χ0v) is 20.1. The lowest BCUT2D eigenvalue weighted by Crippen LogP contribution is -2.14. The van der Waals surface area contributed by atoms with E-state index in [1.54, 1.807) is 16.8 Å². The third-order valence-electron chi connectivity index (χ3n) is 5.82. The molecule has 6 rings (SSSR count). The average Bonchev–Trinajstić information content (AvgIpc) is 3.43. The number of thioether (sulfide) groups is 1. The summed E-state index contributed by atoms with van der Waals surface area (Å²) in [5, 5.41) is 11.0. The van der Waals surface area contributed by atoms with E-state index in [2.05, 4.69) is 23.1 Å². The molecule has 0 aliphatic rings. The van der Waals surface area contributed by atoms with Gasteiger partial charge in [-0.3, -0.25) is 13.9 Å². The highest BCUT2D eigenvalue weighted by Crippen LogP contribution is 2.26. The van der Waals surface area contributed by atoms with Crippen molar-refractivity contribution < 1.29 is 0 Å². The summed E-state index contributed by atoms with van der Waals surface area (Å²) >= 11 is 1.49. The maximum atomic E-state index is 12.5. The fourth-order valence-electron chi connectivity index (χ4n) is 4.20. The van der Waals surface area contributed by atoms with Crippen molar-refractivity contribution in [2.24, 2.45) is 0 Å². The predicted molar refractivity (Wildman–Crippen MR) is 135 cm³/mol. The van der Waals surface area contributed by atoms with Crippen LogP contribution in [0.1, 0.15) is 22.9 Å². The third-order valence-corrected chi connectivity index (χ3v) is 6.78. The van der Waals surface area contributed by atoms with E-state index in [9.17, 15) is 4.79 Å². The van der Waals surface area contributed by atoms with E-state index < -0.39 is 0 Å². The maximum Gasteiger partial charge on any atom is 0.258 e. The van der Waals surface area contributed by atoms with Gasteiger partial charge in [0.25, 0.3) is 5.56 Å². The van der Waals surface area contributed by atoms with Crippen LogP contribution in [0.4, 0.5) is 0 Å². The Kier molecular flexibility index (Phi) is 5.29. The summed E-state index contributed by atoms with van der Waals surface area (Å²) in [5.41, 5.74) is 4.96. The van der Waals surface area contributed by atoms with Crippen LogP contribution in [0.3, 0.4) is 0 Å². The highest BCUT2D eigenvalue weighted by molar-refractivity contribution is 7.98. The number of aromatic nitrogens is 8. The smallest absolute Gasteiger partial charge is 0.258 e. The lowest BCUT2D eigenvalue weighted by atomic mass is 10.2. The van der Waals surface area contributed by atoms with Gasteiger partial charge in [0.2, 0.25) is 0 Å². The van der Waals surface area contributed by atoms with E-state index >= 15 is 0 Å². The molecule has 174 valence electrons. The molecule has 5 heterocycles. The molecule has 6 aromatic rings. The van der Waals surface area contributed by atoms with E-state index in [1.807, 2.05) is 54.1 Å². The molecule has 0 unspecified atom stereocenters. The first kappa shape index (κ1) is 21.5. The first-order valence-electron chi connectivity index (χ1n) is 11.3. The Morgan fingerprint density at radius 3 is 2.66 bits per heavy atom. The van der Waals surface area contributed by atoms with Crippen LogP contribution >= 0.6 is 11.8 Å². The number of pyridine rings is 1. The molecule has 0 radical (unpaired) electrons. The molecule has 1 aromatic carbocycles. The Morgan fingerprint density at radius 2 is 1.80 bits per heavy atom. The molecule has 0 fully saturated rings. The number of hydrogen-bond donors (Lipinski definition) is 0. The van der Waals surface area contributed by atoms with Gasteiger partial charge in [0.15, 0.2) is 16.6 Å². The number of benzene rings is 1. The molecular formula is C25H22N8OS. The molecule has 5 aromatic heterocycles. The topological polar surface area (TPSA) is 95.3 Å². The van der Waals surface area contributed by atoms with Gasteiger partial charge in [0.1, 0.15) is 5.65 Å². The summed E-state index contributed by atoms with van der Waals surface area (Å²) < 4.78 is 5.32. The van der Waals surface area contributed by atoms with Gasteiger partial charge >= 0.3 is 0 Å². The summed E-state index contributed by atoms with van der Waals surface area (Å²) in [7, 11) is 0. The molecule has 35 heavy (non-hydrogen) atoms. The average molecular weight is 483 g/mol. The van der Waals surface area contributed by atoms with Gasteiger partial charge in [0.05, 0.1) is 16.9 Å². The van der Waals surface area contributed by atoms with Gasteiger partial charge in [-0.25, -0.2) is 15.0 Å². The Hall–Kier alpha value is -4.05. The predicted octanol–water partition coefficient (Wildman–Crippen LogP) is 3.63. The fourth-order valence-corrected chi connectivity index (χ4v) is 5.03. The van der Waals surface area contributed by atoms with Gasteiger partial charge in [-0.05, 0) is 44.2 Å². The molecular weight excluding hydrogens is 460 g/mol. The molecule has 9 nitrogen and oxygen atoms in total. The van der Waals surface area contributed by atoms with E-state index in [4.69, 9.17) is 15.1 Å². The first-order valence-corrected chi connectivity index (χ1v) is 12.3. The summed E-state index contributed by atoms with van der Waals surface area (Å²) in [6.07, 6.45) is 2.38. The second kappa shape index (κ2) is 8.62. The van der Waals surface area contributed by atoms with Crippen LogP contribution in [0, 0.1) is 13.8 Å². The van der Waals surface area contributed by atoms with Crippen LogP contribution in [-0.4, -0.2) is 38.7 Å². The van der Waals surface area contributed by atoms with Gasteiger partial charge < -0.3 is 0 Å². The van der Waals surface area contributed by atoms with Crippen LogP contribution in [0.5, 0.6) is 0 Å². The maximum absolute atomic E-state index is 12.5. The standard InChI is InChI=1S/C25H22N8OS/c1-16-13-17(2)32(29-16)12-10-21-28-24-19-7-3-4-8-20(19)27-25(33(24)30-21)35-15-18-14-23(34)31-11-6-5-9-22(31)26-18/h3-9,11,13-14H,10,12,15H2,1-2H3. The highest BCUT2D eigenvalue weighted by atomic mass is 32.2. The molecule has 0 saturated carbocycles. The minimum atomic E-state index is -0.102. The van der Waals surface area contributed by atoms with Crippen molar-refractivity contribution in [1.29, 1.82) is 0 Å². The van der Waals surface area contributed by atoms with Crippen molar-refractivity contribution in [2.45, 2.75) is 37.7 Å². The number of para-hydroxylation sites is 1. The number of rotatable bonds is 6. The number of hydrogen-bond acceptors (Lipinski definition) is 7. The number of fused-ring (bicyclic) bond motifs is 4. The minimum Gasteiger partial charge on any atom is -0.269 e. The van der Waals surface area contributed by atoms with E-state index in [-0.39, 0.29) is 5.56 Å². The molecule has 0 N–H and O–H groups in total. The van der Waals surface area contributed by atoms with Gasteiger partial charge in [-0.15, -0.1) is 5.10 Å². The molecule has 0 aliphatic carbocycles. The van der Waals surface area contributed by atoms with Crippen LogP contribution in [0.2, 0.25) is 0 Å². The number of nitrogens with zero attached hydrogens (tertiary/aromatic N) is 8. The molecule has 10 heteroatoms. The van der Waals surface area contributed by atoms with Gasteiger partial charge in [0, 0.05) is 42.1 Å². The Labute approximate surface area is 204 Å². The van der Waals surface area contributed by atoms with E-state index in [1.165, 1.54) is 16.2 Å². The van der Waals surface area contributed by atoms with Gasteiger partial charge in [-0.1, -0.05) is 30.0 Å². The van der Waals surface area contributed by atoms with Crippen LogP contribution in [-0.2, 0) is 18.7 Å². The first-order chi connectivity index (χ1) is 17.0. The molecule has 0 aliphatic heterocycles. The zero-order chi connectivity index (χ0) is 23.9. The summed E-state index contributed by atoms with van der Waals surface area (Å²) in [6, 6.07) is 17.1. The minimum absolute atomic E-state index is 0.102. The SMILES string of the molecule is Cc1cc(C)n(CCc2nc3c4ccccc4nc(SCc4cc(=O)n5ccccc5n4)n3n2)n1.